The van der Waals surface area contributed by atoms with E-state index in [0.717, 1.165) is 0 Å². The smallest absolute Gasteiger partial charge is 0.343 e. The van der Waals surface area contributed by atoms with E-state index in [4.69, 9.17) is 9.47 Å². The van der Waals surface area contributed by atoms with Crippen LogP contribution in [0.2, 0.25) is 0 Å². The summed E-state index contributed by atoms with van der Waals surface area (Å²) in [5.41, 5.74) is 0.321. The Morgan fingerprint density at radius 2 is 1.52 bits per heavy atom. The molecular formula is C18H21I3N2O6. The quantitative estimate of drug-likeness (QED) is 0.277. The van der Waals surface area contributed by atoms with Crippen LogP contribution in [0.25, 0.3) is 0 Å². The Bertz CT molecular complexity index is 864. The van der Waals surface area contributed by atoms with Crippen LogP contribution in [0.4, 0.5) is 11.4 Å². The molecule has 0 fully saturated rings. The summed E-state index contributed by atoms with van der Waals surface area (Å²) in [6, 6.07) is 0. The molecule has 0 aromatic heterocycles. The minimum atomic E-state index is -0.735. The Morgan fingerprint density at radius 1 is 0.966 bits per heavy atom. The Kier molecular flexibility index (Phi) is 9.57. The van der Waals surface area contributed by atoms with Gasteiger partial charge in [-0.2, -0.15) is 0 Å². The van der Waals surface area contributed by atoms with Gasteiger partial charge in [0.25, 0.3) is 0 Å². The van der Waals surface area contributed by atoms with E-state index >= 15 is 0 Å². The van der Waals surface area contributed by atoms with Crippen molar-refractivity contribution in [3.8, 4) is 0 Å². The van der Waals surface area contributed by atoms with Crippen LogP contribution < -0.4 is 10.2 Å². The van der Waals surface area contributed by atoms with Crippen LogP contribution in [0.1, 0.15) is 45.0 Å². The van der Waals surface area contributed by atoms with Gasteiger partial charge in [0.15, 0.2) is 0 Å². The number of halogens is 3. The number of hydrogen-bond donors (Lipinski definition) is 1. The largest absolute Gasteiger partial charge is 0.427 e. The van der Waals surface area contributed by atoms with E-state index in [2.05, 4.69) is 5.32 Å². The van der Waals surface area contributed by atoms with Crippen LogP contribution in [0.5, 0.6) is 0 Å². The lowest BCUT2D eigenvalue weighted by molar-refractivity contribution is -0.161. The third-order valence-corrected chi connectivity index (χ3v) is 6.78. The SMILES string of the molecule is CC(=O)Nc1c(I)c(C(=O)OCOC(=O)C(C)(C)C)c(I)c(N(C)C(C)=O)c1I. The van der Waals surface area contributed by atoms with Crippen molar-refractivity contribution in [1.29, 1.82) is 0 Å². The highest BCUT2D eigenvalue weighted by molar-refractivity contribution is 14.1. The van der Waals surface area contributed by atoms with E-state index in [1.807, 2.05) is 67.8 Å². The number of rotatable bonds is 5. The Labute approximate surface area is 210 Å². The van der Waals surface area contributed by atoms with Gasteiger partial charge in [-0.1, -0.05) is 0 Å². The first kappa shape index (κ1) is 26.3. The maximum atomic E-state index is 12.8. The molecule has 0 aliphatic rings. The maximum absolute atomic E-state index is 12.8. The first-order chi connectivity index (χ1) is 13.2. The maximum Gasteiger partial charge on any atom is 0.343 e. The summed E-state index contributed by atoms with van der Waals surface area (Å²) in [6.07, 6.45) is 0. The first-order valence-electron chi connectivity index (χ1n) is 8.26. The molecule has 0 saturated heterocycles. The molecule has 8 nitrogen and oxygen atoms in total. The summed E-state index contributed by atoms with van der Waals surface area (Å²) >= 11 is 5.92. The number of nitrogens with one attached hydrogen (secondary N) is 1. The molecule has 160 valence electrons. The predicted molar refractivity (Wildman–Crippen MR) is 134 cm³/mol. The van der Waals surface area contributed by atoms with Crippen molar-refractivity contribution in [3.63, 3.8) is 0 Å². The minimum Gasteiger partial charge on any atom is -0.427 e. The lowest BCUT2D eigenvalue weighted by Crippen LogP contribution is -2.28. The van der Waals surface area contributed by atoms with E-state index in [1.54, 1.807) is 27.8 Å². The number of anilines is 2. The van der Waals surface area contributed by atoms with E-state index in [9.17, 15) is 19.2 Å². The van der Waals surface area contributed by atoms with Gasteiger partial charge in [0.2, 0.25) is 18.6 Å². The monoisotopic (exact) mass is 742 g/mol. The standard InChI is InChI=1S/C18H21I3N2O6/c1-8(24)22-14-11(19)10(12(20)15(13(14)21)23(6)9(2)25)16(26)28-7-29-17(27)18(3,4)5/h7H2,1-6H3,(H,22,24). The second-order valence-corrected chi connectivity index (χ2v) is 10.3. The minimum absolute atomic E-state index is 0.172. The summed E-state index contributed by atoms with van der Waals surface area (Å²) in [7, 11) is 1.58. The van der Waals surface area contributed by atoms with E-state index in [1.165, 1.54) is 18.7 Å². The van der Waals surface area contributed by atoms with Gasteiger partial charge in [0, 0.05) is 20.9 Å². The highest BCUT2D eigenvalue weighted by atomic mass is 127. The van der Waals surface area contributed by atoms with E-state index in [-0.39, 0.29) is 17.4 Å². The molecule has 0 heterocycles. The van der Waals surface area contributed by atoms with E-state index < -0.39 is 24.1 Å². The zero-order valence-electron chi connectivity index (χ0n) is 16.7. The Hall–Kier alpha value is -0.710. The summed E-state index contributed by atoms with van der Waals surface area (Å²) in [5.74, 6) is -1.80. The Balaban J connectivity index is 3.39. The van der Waals surface area contributed by atoms with Gasteiger partial charge < -0.3 is 19.7 Å². The molecule has 0 bridgehead atoms. The number of nitrogens with zero attached hydrogens (tertiary/aromatic N) is 1. The molecule has 1 aromatic carbocycles. The molecule has 0 aliphatic heterocycles. The Morgan fingerprint density at radius 3 is 1.97 bits per heavy atom. The van der Waals surface area contributed by atoms with Crippen LogP contribution in [0.3, 0.4) is 0 Å². The summed E-state index contributed by atoms with van der Waals surface area (Å²) in [5, 5.41) is 2.70. The highest BCUT2D eigenvalue weighted by Gasteiger charge is 2.29. The summed E-state index contributed by atoms with van der Waals surface area (Å²) in [6.45, 7) is 7.26. The van der Waals surface area contributed by atoms with Crippen LogP contribution >= 0.6 is 67.8 Å². The third-order valence-electron chi connectivity index (χ3n) is 3.60. The van der Waals surface area contributed by atoms with Crippen molar-refractivity contribution < 1.29 is 28.7 Å². The molecule has 29 heavy (non-hydrogen) atoms. The molecule has 1 aromatic rings. The number of hydrogen-bond acceptors (Lipinski definition) is 6. The van der Waals surface area contributed by atoms with Crippen molar-refractivity contribution in [1.82, 2.24) is 0 Å². The van der Waals surface area contributed by atoms with Gasteiger partial charge in [-0.25, -0.2) is 4.79 Å². The molecule has 0 spiro atoms. The molecule has 11 heteroatoms. The van der Waals surface area contributed by atoms with Crippen molar-refractivity contribution in [2.45, 2.75) is 34.6 Å². The molecule has 0 atom stereocenters. The zero-order chi connectivity index (χ0) is 22.7. The van der Waals surface area contributed by atoms with Crippen LogP contribution in [0, 0.1) is 16.1 Å². The van der Waals surface area contributed by atoms with E-state index in [0.29, 0.717) is 22.1 Å². The third kappa shape index (κ3) is 6.63. The van der Waals surface area contributed by atoms with Crippen LogP contribution in [-0.2, 0) is 23.9 Å². The number of carbonyl (C=O) groups excluding carboxylic acids is 4. The molecule has 0 aliphatic carbocycles. The predicted octanol–water partition coefficient (Wildman–Crippen LogP) is 4.15. The molecular weight excluding hydrogens is 721 g/mol. The van der Waals surface area contributed by atoms with Crippen LogP contribution in [0.15, 0.2) is 0 Å². The van der Waals surface area contributed by atoms with Gasteiger partial charge in [-0.15, -0.1) is 0 Å². The van der Waals surface area contributed by atoms with Gasteiger partial charge in [-0.05, 0) is 88.5 Å². The van der Waals surface area contributed by atoms with Gasteiger partial charge in [0.1, 0.15) is 0 Å². The number of benzene rings is 1. The molecule has 0 saturated carbocycles. The zero-order valence-corrected chi connectivity index (χ0v) is 23.2. The molecule has 1 N–H and O–H groups in total. The molecule has 0 unspecified atom stereocenters. The lowest BCUT2D eigenvalue weighted by Gasteiger charge is -2.24. The topological polar surface area (TPSA) is 102 Å². The number of ether oxygens (including phenoxy) is 2. The summed E-state index contributed by atoms with van der Waals surface area (Å²) < 4.78 is 11.7. The average molecular weight is 742 g/mol. The number of esters is 2. The lowest BCUT2D eigenvalue weighted by atomic mass is 9.98. The van der Waals surface area contributed by atoms with Crippen molar-refractivity contribution >= 4 is 103 Å². The summed E-state index contributed by atoms with van der Waals surface area (Å²) in [4.78, 5) is 49.6. The average Bonchev–Trinajstić information content (AvgIpc) is 2.57. The second-order valence-electron chi connectivity index (χ2n) is 7.03. The molecule has 0 radical (unpaired) electrons. The fraction of sp³-hybridized carbons (Fsp3) is 0.444. The number of amides is 2. The van der Waals surface area contributed by atoms with Gasteiger partial charge in [-0.3, -0.25) is 14.4 Å². The van der Waals surface area contributed by atoms with Crippen LogP contribution in [-0.4, -0.2) is 37.6 Å². The second kappa shape index (κ2) is 10.5. The normalized spacial score (nSPS) is 10.9. The molecule has 1 rings (SSSR count). The van der Waals surface area contributed by atoms with Crippen molar-refractivity contribution in [3.05, 3.63) is 16.3 Å². The first-order valence-corrected chi connectivity index (χ1v) is 11.5. The number of carbonyl (C=O) groups is 4. The fourth-order valence-corrected chi connectivity index (χ4v) is 6.59. The van der Waals surface area contributed by atoms with Crippen molar-refractivity contribution in [2.24, 2.45) is 5.41 Å². The van der Waals surface area contributed by atoms with Crippen molar-refractivity contribution in [2.75, 3.05) is 24.1 Å². The fourth-order valence-electron chi connectivity index (χ4n) is 1.99. The highest BCUT2D eigenvalue weighted by Crippen LogP contribution is 2.40. The molecule has 2 amide bonds. The van der Waals surface area contributed by atoms with Gasteiger partial charge in [0.05, 0.1) is 33.1 Å². The van der Waals surface area contributed by atoms with Gasteiger partial charge >= 0.3 is 11.9 Å².